The highest BCUT2D eigenvalue weighted by Crippen LogP contribution is 2.36. The molecule has 0 unspecified atom stereocenters. The van der Waals surface area contributed by atoms with Crippen LogP contribution in [0.3, 0.4) is 0 Å². The largest absolute Gasteiger partial charge is 0.381 e. The minimum absolute atomic E-state index is 0.0528. The third-order valence-electron chi connectivity index (χ3n) is 5.66. The maximum atomic E-state index is 13.4. The van der Waals surface area contributed by atoms with Crippen LogP contribution >= 0.6 is 11.6 Å². The predicted octanol–water partition coefficient (Wildman–Crippen LogP) is 4.12. The molecule has 5 heteroatoms. The fraction of sp³-hybridized carbons (Fsp3) is 0.435. The molecule has 28 heavy (non-hydrogen) atoms. The lowest BCUT2D eigenvalue weighted by molar-refractivity contribution is -0.130. The fourth-order valence-electron chi connectivity index (χ4n) is 3.98. The SMILES string of the molecule is Cc1cccc(C2(C(=O)NC[C@@H](c3cccc(Cl)c3)N(C)C)CCOCC2)c1. The lowest BCUT2D eigenvalue weighted by Gasteiger charge is -2.37. The summed E-state index contributed by atoms with van der Waals surface area (Å²) >= 11 is 6.18. The number of benzene rings is 2. The first kappa shape index (κ1) is 20.8. The van der Waals surface area contributed by atoms with Crippen LogP contribution in [0.5, 0.6) is 0 Å². The summed E-state index contributed by atoms with van der Waals surface area (Å²) in [5.41, 5.74) is 2.81. The molecule has 1 atom stereocenters. The standard InChI is InChI=1S/C23H29ClN2O2/c1-17-6-4-8-19(14-17)23(10-12-28-13-11-23)22(27)25-16-21(26(2)3)18-7-5-9-20(24)15-18/h4-9,14-15,21H,10-13,16H2,1-3H3,(H,25,27)/t21-/m0/s1. The highest BCUT2D eigenvalue weighted by Gasteiger charge is 2.41. The number of hydrogen-bond acceptors (Lipinski definition) is 3. The zero-order valence-corrected chi connectivity index (χ0v) is 17.6. The van der Waals surface area contributed by atoms with Crippen LogP contribution in [0.25, 0.3) is 0 Å². The lowest BCUT2D eigenvalue weighted by Crippen LogP contribution is -2.49. The van der Waals surface area contributed by atoms with Gasteiger partial charge in [0.15, 0.2) is 0 Å². The van der Waals surface area contributed by atoms with E-state index < -0.39 is 5.41 Å². The van der Waals surface area contributed by atoms with E-state index in [9.17, 15) is 4.79 Å². The van der Waals surface area contributed by atoms with E-state index in [1.54, 1.807) is 0 Å². The lowest BCUT2D eigenvalue weighted by atomic mass is 9.73. The smallest absolute Gasteiger partial charge is 0.230 e. The van der Waals surface area contributed by atoms with Crippen molar-refractivity contribution < 1.29 is 9.53 Å². The van der Waals surface area contributed by atoms with E-state index in [1.165, 1.54) is 5.56 Å². The third-order valence-corrected chi connectivity index (χ3v) is 5.90. The summed E-state index contributed by atoms with van der Waals surface area (Å²) in [6, 6.07) is 16.2. The summed E-state index contributed by atoms with van der Waals surface area (Å²) in [5.74, 6) is 0.0790. The van der Waals surface area contributed by atoms with Gasteiger partial charge in [-0.25, -0.2) is 0 Å². The van der Waals surface area contributed by atoms with E-state index in [1.807, 2.05) is 44.4 Å². The number of nitrogens with zero attached hydrogens (tertiary/aromatic N) is 1. The van der Waals surface area contributed by atoms with Crippen LogP contribution in [0.15, 0.2) is 48.5 Å². The normalized spacial score (nSPS) is 17.3. The number of amides is 1. The summed E-state index contributed by atoms with van der Waals surface area (Å²) in [6.07, 6.45) is 1.40. The predicted molar refractivity (Wildman–Crippen MR) is 114 cm³/mol. The number of rotatable bonds is 6. The molecule has 0 bridgehead atoms. The van der Waals surface area contributed by atoms with Crippen LogP contribution < -0.4 is 5.32 Å². The molecule has 4 nitrogen and oxygen atoms in total. The van der Waals surface area contributed by atoms with Gasteiger partial charge in [-0.2, -0.15) is 0 Å². The Morgan fingerprint density at radius 2 is 1.89 bits per heavy atom. The zero-order valence-electron chi connectivity index (χ0n) is 16.9. The molecule has 0 spiro atoms. The van der Waals surface area contributed by atoms with E-state index in [2.05, 4.69) is 35.3 Å². The summed E-state index contributed by atoms with van der Waals surface area (Å²) < 4.78 is 5.57. The molecule has 1 N–H and O–H groups in total. The van der Waals surface area contributed by atoms with E-state index in [4.69, 9.17) is 16.3 Å². The Bertz CT molecular complexity index is 816. The Hall–Kier alpha value is -1.88. The van der Waals surface area contributed by atoms with E-state index in [0.717, 1.165) is 11.1 Å². The third kappa shape index (κ3) is 4.57. The first-order valence-corrected chi connectivity index (χ1v) is 10.2. The fourth-order valence-corrected chi connectivity index (χ4v) is 4.18. The molecule has 1 amide bonds. The quantitative estimate of drug-likeness (QED) is 0.793. The van der Waals surface area contributed by atoms with Gasteiger partial charge in [0, 0.05) is 24.8 Å². The van der Waals surface area contributed by atoms with Crippen molar-refractivity contribution in [2.45, 2.75) is 31.2 Å². The molecule has 0 aliphatic carbocycles. The van der Waals surface area contributed by atoms with Crippen molar-refractivity contribution >= 4 is 17.5 Å². The van der Waals surface area contributed by atoms with Gasteiger partial charge < -0.3 is 15.0 Å². The van der Waals surface area contributed by atoms with Crippen LogP contribution in [-0.4, -0.2) is 44.7 Å². The first-order valence-electron chi connectivity index (χ1n) is 9.77. The van der Waals surface area contributed by atoms with Crippen molar-refractivity contribution in [3.63, 3.8) is 0 Å². The van der Waals surface area contributed by atoms with E-state index >= 15 is 0 Å². The number of ether oxygens (including phenoxy) is 1. The van der Waals surface area contributed by atoms with Crippen molar-refractivity contribution in [2.75, 3.05) is 33.9 Å². The van der Waals surface area contributed by atoms with Crippen LogP contribution in [0.2, 0.25) is 5.02 Å². The zero-order chi connectivity index (χ0) is 20.1. The Morgan fingerprint density at radius 1 is 1.18 bits per heavy atom. The van der Waals surface area contributed by atoms with Gasteiger partial charge >= 0.3 is 0 Å². The molecule has 0 radical (unpaired) electrons. The van der Waals surface area contributed by atoms with Crippen molar-refractivity contribution in [3.05, 3.63) is 70.2 Å². The first-order chi connectivity index (χ1) is 13.4. The highest BCUT2D eigenvalue weighted by atomic mass is 35.5. The minimum Gasteiger partial charge on any atom is -0.381 e. The Morgan fingerprint density at radius 3 is 2.54 bits per heavy atom. The van der Waals surface area contributed by atoms with Crippen LogP contribution in [0, 0.1) is 6.92 Å². The second kappa shape index (κ2) is 9.08. The van der Waals surface area contributed by atoms with Gasteiger partial charge in [0.2, 0.25) is 5.91 Å². The molecule has 1 aliphatic heterocycles. The molecule has 1 heterocycles. The Balaban J connectivity index is 1.81. The van der Waals surface area contributed by atoms with Gasteiger partial charge in [0.1, 0.15) is 0 Å². The average Bonchev–Trinajstić information content (AvgIpc) is 2.68. The summed E-state index contributed by atoms with van der Waals surface area (Å²) in [7, 11) is 4.03. The van der Waals surface area contributed by atoms with Gasteiger partial charge in [0.25, 0.3) is 0 Å². The van der Waals surface area contributed by atoms with Gasteiger partial charge in [-0.1, -0.05) is 53.6 Å². The molecule has 1 fully saturated rings. The van der Waals surface area contributed by atoms with Crippen molar-refractivity contribution in [2.24, 2.45) is 0 Å². The molecule has 150 valence electrons. The second-order valence-corrected chi connectivity index (χ2v) is 8.24. The van der Waals surface area contributed by atoms with Crippen molar-refractivity contribution in [1.29, 1.82) is 0 Å². The number of halogens is 1. The topological polar surface area (TPSA) is 41.6 Å². The monoisotopic (exact) mass is 400 g/mol. The Kier molecular flexibility index (Phi) is 6.76. The minimum atomic E-state index is -0.532. The number of aryl methyl sites for hydroxylation is 1. The average molecular weight is 401 g/mol. The van der Waals surface area contributed by atoms with Gasteiger partial charge in [-0.05, 0) is 57.1 Å². The number of carbonyl (C=O) groups is 1. The number of likely N-dealkylation sites (N-methyl/N-ethyl adjacent to an activating group) is 1. The maximum Gasteiger partial charge on any atom is 0.230 e. The van der Waals surface area contributed by atoms with Crippen LogP contribution in [0.4, 0.5) is 0 Å². The molecule has 2 aromatic rings. The highest BCUT2D eigenvalue weighted by molar-refractivity contribution is 6.30. The summed E-state index contributed by atoms with van der Waals surface area (Å²) in [6.45, 7) is 3.80. The number of carbonyl (C=O) groups excluding carboxylic acids is 1. The van der Waals surface area contributed by atoms with Crippen LogP contribution in [0.1, 0.15) is 35.6 Å². The van der Waals surface area contributed by atoms with Gasteiger partial charge in [0.05, 0.1) is 11.5 Å². The van der Waals surface area contributed by atoms with Gasteiger partial charge in [-0.15, -0.1) is 0 Å². The Labute approximate surface area is 172 Å². The second-order valence-electron chi connectivity index (χ2n) is 7.81. The molecule has 1 aliphatic rings. The molecule has 3 rings (SSSR count). The molecular formula is C23H29ClN2O2. The van der Waals surface area contributed by atoms with E-state index in [0.29, 0.717) is 37.6 Å². The number of hydrogen-bond donors (Lipinski definition) is 1. The molecule has 1 saturated heterocycles. The van der Waals surface area contributed by atoms with E-state index in [-0.39, 0.29) is 11.9 Å². The van der Waals surface area contributed by atoms with Crippen LogP contribution in [-0.2, 0) is 14.9 Å². The maximum absolute atomic E-state index is 13.4. The van der Waals surface area contributed by atoms with Gasteiger partial charge in [-0.3, -0.25) is 4.79 Å². The molecular weight excluding hydrogens is 372 g/mol. The molecule has 0 saturated carbocycles. The van der Waals surface area contributed by atoms with Crippen molar-refractivity contribution in [3.8, 4) is 0 Å². The number of nitrogens with one attached hydrogen (secondary N) is 1. The molecule has 2 aromatic carbocycles. The van der Waals surface area contributed by atoms with Crippen molar-refractivity contribution in [1.82, 2.24) is 10.2 Å². The summed E-state index contributed by atoms with van der Waals surface area (Å²) in [4.78, 5) is 15.6. The molecule has 0 aromatic heterocycles. The summed E-state index contributed by atoms with van der Waals surface area (Å²) in [5, 5.41) is 3.94.